The number of hydrogen-bond donors (Lipinski definition) is 3. The Morgan fingerprint density at radius 3 is 2.56 bits per heavy atom. The predicted octanol–water partition coefficient (Wildman–Crippen LogP) is 1.40. The average Bonchev–Trinajstić information content (AvgIpc) is 3.55. The number of likely N-dealkylation sites (tertiary alicyclic amines) is 1. The molecule has 0 aromatic heterocycles. The van der Waals surface area contributed by atoms with Gasteiger partial charge >= 0.3 is 6.09 Å². The van der Waals surface area contributed by atoms with Crippen LogP contribution in [0.5, 0.6) is 0 Å². The fraction of sp³-hybridized carbons (Fsp3) is 0.522. The maximum Gasteiger partial charge on any atom is 0.409 e. The van der Waals surface area contributed by atoms with Gasteiger partial charge in [-0.3, -0.25) is 14.8 Å². The Morgan fingerprint density at radius 2 is 1.97 bits per heavy atom. The standard InChI is InChI=1S/C23H32FN7O3/c1-14(28-2)18-12-31(22(33)34-13-23(27)8-9-23)10-7-19(18)29-11-17(21(26)32)20(25)30-16-5-3-15(24)4-6-16/h3-6,11,17-19H,7-10,12-13,27H2,1-2H3,(H2,25,30)(H2,26,32). The number of aliphatic imine (C=N–C) groups is 3. The molecular weight excluding hydrogens is 441 g/mol. The minimum Gasteiger partial charge on any atom is -0.447 e. The van der Waals surface area contributed by atoms with E-state index in [-0.39, 0.29) is 29.9 Å². The summed E-state index contributed by atoms with van der Waals surface area (Å²) in [4.78, 5) is 39.2. The second-order valence-electron chi connectivity index (χ2n) is 8.88. The predicted molar refractivity (Wildman–Crippen MR) is 129 cm³/mol. The van der Waals surface area contributed by atoms with Crippen LogP contribution in [0.25, 0.3) is 0 Å². The van der Waals surface area contributed by atoms with Crippen LogP contribution in [0.4, 0.5) is 14.9 Å². The van der Waals surface area contributed by atoms with Crippen molar-refractivity contribution < 1.29 is 18.7 Å². The maximum atomic E-state index is 13.1. The molecule has 1 aliphatic heterocycles. The number of nitrogens with zero attached hydrogens (tertiary/aromatic N) is 4. The lowest BCUT2D eigenvalue weighted by Gasteiger charge is -2.36. The van der Waals surface area contributed by atoms with Crippen LogP contribution < -0.4 is 17.2 Å². The van der Waals surface area contributed by atoms with Crippen molar-refractivity contribution in [3.8, 4) is 0 Å². The van der Waals surface area contributed by atoms with Gasteiger partial charge < -0.3 is 26.8 Å². The van der Waals surface area contributed by atoms with Gasteiger partial charge in [0, 0.05) is 38.0 Å². The Kier molecular flexibility index (Phi) is 7.98. The highest BCUT2D eigenvalue weighted by molar-refractivity contribution is 6.14. The summed E-state index contributed by atoms with van der Waals surface area (Å²) in [6, 6.07) is 5.14. The number of ether oxygens (including phenoxy) is 1. The monoisotopic (exact) mass is 473 g/mol. The summed E-state index contributed by atoms with van der Waals surface area (Å²) in [5.41, 5.74) is 18.4. The third kappa shape index (κ3) is 6.60. The van der Waals surface area contributed by atoms with Crippen molar-refractivity contribution >= 4 is 35.4 Å². The topological polar surface area (TPSA) is 162 Å². The first-order valence-electron chi connectivity index (χ1n) is 11.2. The third-order valence-corrected chi connectivity index (χ3v) is 6.24. The molecule has 3 unspecified atom stereocenters. The van der Waals surface area contributed by atoms with E-state index in [1.165, 1.54) is 30.5 Å². The summed E-state index contributed by atoms with van der Waals surface area (Å²) in [5, 5.41) is 0. The quantitative estimate of drug-likeness (QED) is 0.383. The van der Waals surface area contributed by atoms with Crippen LogP contribution in [0.15, 0.2) is 39.2 Å². The van der Waals surface area contributed by atoms with Gasteiger partial charge in [-0.15, -0.1) is 0 Å². The van der Waals surface area contributed by atoms with Crippen molar-refractivity contribution in [2.75, 3.05) is 26.7 Å². The van der Waals surface area contributed by atoms with Crippen molar-refractivity contribution in [3.63, 3.8) is 0 Å². The smallest absolute Gasteiger partial charge is 0.409 e. The number of rotatable bonds is 8. The highest BCUT2D eigenvalue weighted by atomic mass is 19.1. The number of hydrogen-bond acceptors (Lipinski definition) is 7. The molecule has 0 bridgehead atoms. The minimum absolute atomic E-state index is 0.0444. The second kappa shape index (κ2) is 10.7. The van der Waals surface area contributed by atoms with E-state index in [9.17, 15) is 14.0 Å². The Morgan fingerprint density at radius 1 is 1.29 bits per heavy atom. The Labute approximate surface area is 198 Å². The minimum atomic E-state index is -1.04. The number of amidine groups is 1. The zero-order valence-corrected chi connectivity index (χ0v) is 19.5. The van der Waals surface area contributed by atoms with Crippen LogP contribution in [-0.4, -0.2) is 73.0 Å². The van der Waals surface area contributed by atoms with E-state index in [4.69, 9.17) is 21.9 Å². The lowest BCUT2D eigenvalue weighted by molar-refractivity contribution is -0.118. The highest BCUT2D eigenvalue weighted by Crippen LogP contribution is 2.32. The molecule has 2 fully saturated rings. The molecule has 3 rings (SSSR count). The van der Waals surface area contributed by atoms with E-state index >= 15 is 0 Å². The Bertz CT molecular complexity index is 989. The number of benzene rings is 1. The van der Waals surface area contributed by atoms with Gasteiger partial charge in [-0.05, 0) is 50.5 Å². The molecule has 1 aliphatic carbocycles. The Balaban J connectivity index is 1.70. The molecule has 6 N–H and O–H groups in total. The zero-order valence-electron chi connectivity index (χ0n) is 19.5. The van der Waals surface area contributed by atoms with Crippen molar-refractivity contribution in [3.05, 3.63) is 30.1 Å². The van der Waals surface area contributed by atoms with Gasteiger partial charge in [0.2, 0.25) is 5.91 Å². The number of carbonyl (C=O) groups excluding carboxylic acids is 2. The third-order valence-electron chi connectivity index (χ3n) is 6.24. The molecule has 3 atom stereocenters. The first-order chi connectivity index (χ1) is 16.1. The van der Waals surface area contributed by atoms with Crippen LogP contribution >= 0.6 is 0 Å². The van der Waals surface area contributed by atoms with Gasteiger partial charge in [-0.2, -0.15) is 0 Å². The molecule has 0 radical (unpaired) electrons. The zero-order chi connectivity index (χ0) is 24.9. The lowest BCUT2D eigenvalue weighted by atomic mass is 9.89. The summed E-state index contributed by atoms with van der Waals surface area (Å²) < 4.78 is 18.5. The van der Waals surface area contributed by atoms with Crippen LogP contribution in [0, 0.1) is 17.7 Å². The van der Waals surface area contributed by atoms with Crippen LogP contribution in [0.3, 0.4) is 0 Å². The molecule has 1 heterocycles. The van der Waals surface area contributed by atoms with E-state index in [0.29, 0.717) is 25.2 Å². The number of carbonyl (C=O) groups is 2. The lowest BCUT2D eigenvalue weighted by Crippen LogP contribution is -2.49. The van der Waals surface area contributed by atoms with E-state index in [0.717, 1.165) is 18.6 Å². The van der Waals surface area contributed by atoms with Gasteiger partial charge in [0.15, 0.2) is 0 Å². The van der Waals surface area contributed by atoms with Gasteiger partial charge in [0.1, 0.15) is 24.2 Å². The largest absolute Gasteiger partial charge is 0.447 e. The summed E-state index contributed by atoms with van der Waals surface area (Å²) >= 11 is 0. The molecule has 34 heavy (non-hydrogen) atoms. The molecule has 1 aromatic carbocycles. The van der Waals surface area contributed by atoms with E-state index in [2.05, 4.69) is 15.0 Å². The first-order valence-corrected chi connectivity index (χ1v) is 11.2. The number of piperidine rings is 1. The first kappa shape index (κ1) is 25.3. The molecule has 1 saturated carbocycles. The molecule has 2 amide bonds. The van der Waals surface area contributed by atoms with E-state index in [1.807, 2.05) is 6.92 Å². The van der Waals surface area contributed by atoms with Gasteiger partial charge in [0.05, 0.1) is 17.3 Å². The average molecular weight is 474 g/mol. The van der Waals surface area contributed by atoms with Crippen LogP contribution in [0.2, 0.25) is 0 Å². The fourth-order valence-electron chi connectivity index (χ4n) is 3.69. The van der Waals surface area contributed by atoms with Crippen molar-refractivity contribution in [2.24, 2.45) is 44.0 Å². The summed E-state index contributed by atoms with van der Waals surface area (Å²) in [7, 11) is 1.68. The molecule has 184 valence electrons. The second-order valence-corrected chi connectivity index (χ2v) is 8.88. The molecule has 2 aliphatic rings. The van der Waals surface area contributed by atoms with E-state index in [1.54, 1.807) is 11.9 Å². The van der Waals surface area contributed by atoms with Gasteiger partial charge in [0.25, 0.3) is 0 Å². The van der Waals surface area contributed by atoms with E-state index < -0.39 is 23.7 Å². The van der Waals surface area contributed by atoms with Crippen LogP contribution in [0.1, 0.15) is 26.2 Å². The molecule has 0 spiro atoms. The number of primary amides is 1. The van der Waals surface area contributed by atoms with Crippen molar-refractivity contribution in [1.82, 2.24) is 4.90 Å². The maximum absolute atomic E-state index is 13.1. The van der Waals surface area contributed by atoms with Crippen molar-refractivity contribution in [2.45, 2.75) is 37.8 Å². The normalized spacial score (nSPS) is 23.6. The SMILES string of the molecule is CN=C(C)C1CN(C(=O)OCC2(N)CC2)CCC1N=CC(C(N)=O)C(N)=Nc1ccc(F)cc1. The molecule has 10 nitrogen and oxygen atoms in total. The fourth-order valence-corrected chi connectivity index (χ4v) is 3.69. The molecular formula is C23H32FN7O3. The summed E-state index contributed by atoms with van der Waals surface area (Å²) in [6.45, 7) is 2.90. The van der Waals surface area contributed by atoms with Gasteiger partial charge in [-0.25, -0.2) is 14.2 Å². The van der Waals surface area contributed by atoms with Crippen molar-refractivity contribution in [1.29, 1.82) is 0 Å². The number of halogens is 1. The summed E-state index contributed by atoms with van der Waals surface area (Å²) in [6.07, 6.45) is 3.24. The molecule has 11 heteroatoms. The number of amides is 2. The number of nitrogens with two attached hydrogens (primary N) is 3. The van der Waals surface area contributed by atoms with Gasteiger partial charge in [-0.1, -0.05) is 0 Å². The summed E-state index contributed by atoms with van der Waals surface area (Å²) in [5.74, 6) is -2.36. The van der Waals surface area contributed by atoms with Crippen LogP contribution in [-0.2, 0) is 9.53 Å². The Hall–Kier alpha value is -3.34. The molecule has 1 saturated heterocycles. The highest BCUT2D eigenvalue weighted by Gasteiger charge is 2.41. The molecule has 1 aromatic rings.